The van der Waals surface area contributed by atoms with Crippen molar-refractivity contribution in [2.45, 2.75) is 141 Å². The van der Waals surface area contributed by atoms with Crippen LogP contribution in [-0.2, 0) is 24.2 Å². The maximum Gasteiger partial charge on any atom is 0.304 e. The fourth-order valence-electron chi connectivity index (χ4n) is 10.4. The summed E-state index contributed by atoms with van der Waals surface area (Å²) < 4.78 is 26.3. The van der Waals surface area contributed by atoms with Crippen LogP contribution in [0.3, 0.4) is 0 Å². The normalized spacial score (nSPS) is 23.7. The van der Waals surface area contributed by atoms with E-state index in [1.54, 1.807) is 43.9 Å². The number of benzene rings is 4. The summed E-state index contributed by atoms with van der Waals surface area (Å²) in [6, 6.07) is 29.5. The molecular formula is C57H72Cl4N2O6S2. The van der Waals surface area contributed by atoms with E-state index < -0.39 is 44.0 Å². The number of carboxylic acid groups (broad SMARTS) is 1. The van der Waals surface area contributed by atoms with Gasteiger partial charge in [-0.3, -0.25) is 14.4 Å². The molecule has 2 heterocycles. The number of hydrogen-bond donors (Lipinski definition) is 1. The number of carbonyl (C=O) groups is 3. The number of piperidine rings is 2. The fraction of sp³-hybridized carbons (Fsp3) is 0.491. The fourth-order valence-corrected chi connectivity index (χ4v) is 13.6. The van der Waals surface area contributed by atoms with Gasteiger partial charge in [-0.1, -0.05) is 156 Å². The van der Waals surface area contributed by atoms with E-state index in [4.69, 9.17) is 46.4 Å². The number of rotatable bonds is 18. The first-order chi connectivity index (χ1) is 33.2. The van der Waals surface area contributed by atoms with Gasteiger partial charge in [0.15, 0.2) is 9.84 Å². The van der Waals surface area contributed by atoms with Crippen molar-refractivity contribution in [3.05, 3.63) is 152 Å². The first-order valence-corrected chi connectivity index (χ1v) is 28.8. The third-order valence-electron chi connectivity index (χ3n) is 14.3. The average molecular weight is 1090 g/mol. The van der Waals surface area contributed by atoms with Gasteiger partial charge in [0, 0.05) is 49.8 Å². The summed E-state index contributed by atoms with van der Waals surface area (Å²) in [6.45, 7) is 23.7. The molecule has 0 radical (unpaired) electrons. The molecule has 1 N–H and O–H groups in total. The maximum absolute atomic E-state index is 14.3. The molecule has 386 valence electrons. The molecule has 71 heavy (non-hydrogen) atoms. The molecule has 6 rings (SSSR count). The van der Waals surface area contributed by atoms with Crippen molar-refractivity contribution in [2.24, 2.45) is 22.7 Å². The number of amides is 2. The van der Waals surface area contributed by atoms with Crippen LogP contribution in [0.5, 0.6) is 0 Å². The second-order valence-electron chi connectivity index (χ2n) is 21.2. The molecule has 0 unspecified atom stereocenters. The highest BCUT2D eigenvalue weighted by atomic mass is 35.5. The first-order valence-electron chi connectivity index (χ1n) is 24.6. The Bertz CT molecular complexity index is 2590. The minimum atomic E-state index is -3.53. The molecule has 8 atom stereocenters. The smallest absolute Gasteiger partial charge is 0.304 e. The lowest BCUT2D eigenvalue weighted by Gasteiger charge is -2.53. The molecule has 0 saturated carbocycles. The second-order valence-corrected chi connectivity index (χ2v) is 27.2. The van der Waals surface area contributed by atoms with Crippen LogP contribution in [0.2, 0.25) is 20.1 Å². The highest BCUT2D eigenvalue weighted by Gasteiger charge is 2.54. The molecule has 2 saturated heterocycles. The van der Waals surface area contributed by atoms with E-state index in [9.17, 15) is 27.9 Å². The number of aliphatic carboxylic acids is 1. The van der Waals surface area contributed by atoms with Crippen LogP contribution in [0.25, 0.3) is 0 Å². The summed E-state index contributed by atoms with van der Waals surface area (Å²) in [6.07, 6.45) is 3.18. The number of allylic oxidation sites excluding steroid dienone is 1. The Morgan fingerprint density at radius 1 is 0.676 bits per heavy atom. The Morgan fingerprint density at radius 2 is 1.10 bits per heavy atom. The molecule has 14 heteroatoms. The van der Waals surface area contributed by atoms with Gasteiger partial charge in [0.05, 0.1) is 40.3 Å². The molecule has 2 aliphatic heterocycles. The zero-order chi connectivity index (χ0) is 52.7. The van der Waals surface area contributed by atoms with E-state index in [0.29, 0.717) is 32.7 Å². The lowest BCUT2D eigenvalue weighted by molar-refractivity contribution is -0.161. The van der Waals surface area contributed by atoms with Crippen LogP contribution in [-0.4, -0.2) is 75.2 Å². The Labute approximate surface area is 448 Å². The number of thioether (sulfide) groups is 1. The molecule has 0 aliphatic carbocycles. The van der Waals surface area contributed by atoms with E-state index in [0.717, 1.165) is 33.9 Å². The minimum Gasteiger partial charge on any atom is -0.481 e. The number of hydrogen-bond acceptors (Lipinski definition) is 6. The van der Waals surface area contributed by atoms with Gasteiger partial charge in [0.1, 0.15) is 0 Å². The molecule has 0 spiro atoms. The topological polar surface area (TPSA) is 112 Å². The van der Waals surface area contributed by atoms with E-state index in [1.165, 1.54) is 5.56 Å². The van der Waals surface area contributed by atoms with Gasteiger partial charge in [-0.2, -0.15) is 11.8 Å². The summed E-state index contributed by atoms with van der Waals surface area (Å²) in [5.41, 5.74) is 2.18. The summed E-state index contributed by atoms with van der Waals surface area (Å²) in [4.78, 5) is 44.4. The van der Waals surface area contributed by atoms with Crippen molar-refractivity contribution in [1.82, 2.24) is 9.80 Å². The number of carboxylic acids is 1. The van der Waals surface area contributed by atoms with E-state index in [-0.39, 0.29) is 60.2 Å². The van der Waals surface area contributed by atoms with Gasteiger partial charge < -0.3 is 14.9 Å². The van der Waals surface area contributed by atoms with Crippen molar-refractivity contribution in [3.63, 3.8) is 0 Å². The SMILES string of the molecule is C=CC[C@@]1(C)C[C@H](c2cccc(Cl)c2)[C@@H](c2ccc(Cl)cc2)N([C@H](CSC(C)C)C(C)C)C1=O.CC(C)[C@@H](CS(=O)(=O)C(C)C)N1C(=O)[C@@](C)(CC(=O)O)C[C@H](c2cccc(Cl)c2)[C@H]1c1ccc(Cl)cc1. The second kappa shape index (κ2) is 24.7. The molecule has 2 aliphatic rings. The van der Waals surface area contributed by atoms with Crippen molar-refractivity contribution in [2.75, 3.05) is 11.5 Å². The molecule has 4 aromatic carbocycles. The molecule has 0 bridgehead atoms. The Morgan fingerprint density at radius 3 is 1.48 bits per heavy atom. The summed E-state index contributed by atoms with van der Waals surface area (Å²) in [5, 5.41) is 12.1. The van der Waals surface area contributed by atoms with Gasteiger partial charge in [-0.25, -0.2) is 8.42 Å². The minimum absolute atomic E-state index is 0.0960. The molecular weight excluding hydrogens is 1010 g/mol. The molecule has 4 aromatic rings. The lowest BCUT2D eigenvalue weighted by Crippen LogP contribution is -2.59. The predicted octanol–water partition coefficient (Wildman–Crippen LogP) is 15.2. The van der Waals surface area contributed by atoms with Crippen LogP contribution in [0.15, 0.2) is 110 Å². The lowest BCUT2D eigenvalue weighted by atomic mass is 9.66. The van der Waals surface area contributed by atoms with Crippen LogP contribution in [0.1, 0.15) is 141 Å². The van der Waals surface area contributed by atoms with Gasteiger partial charge in [-0.05, 0) is 121 Å². The number of likely N-dealkylation sites (tertiary alicyclic amines) is 2. The largest absolute Gasteiger partial charge is 0.481 e. The summed E-state index contributed by atoms with van der Waals surface area (Å²) in [7, 11) is -3.53. The van der Waals surface area contributed by atoms with Crippen LogP contribution in [0.4, 0.5) is 0 Å². The number of carbonyl (C=O) groups excluding carboxylic acids is 2. The molecule has 2 fully saturated rings. The van der Waals surface area contributed by atoms with Crippen LogP contribution in [0, 0.1) is 22.7 Å². The molecule has 2 amide bonds. The predicted molar refractivity (Wildman–Crippen MR) is 297 cm³/mol. The zero-order valence-electron chi connectivity index (χ0n) is 42.7. The highest BCUT2D eigenvalue weighted by molar-refractivity contribution is 7.99. The Kier molecular flexibility index (Phi) is 20.3. The van der Waals surface area contributed by atoms with Crippen molar-refractivity contribution >= 4 is 85.8 Å². The first kappa shape index (κ1) is 58.4. The Balaban J connectivity index is 0.000000265. The average Bonchev–Trinajstić information content (AvgIpc) is 3.28. The third kappa shape index (κ3) is 14.2. The van der Waals surface area contributed by atoms with E-state index in [1.807, 2.05) is 86.3 Å². The van der Waals surface area contributed by atoms with E-state index >= 15 is 0 Å². The van der Waals surface area contributed by atoms with Gasteiger partial charge in [0.25, 0.3) is 0 Å². The van der Waals surface area contributed by atoms with Crippen LogP contribution < -0.4 is 0 Å². The van der Waals surface area contributed by atoms with Gasteiger partial charge >= 0.3 is 5.97 Å². The highest BCUT2D eigenvalue weighted by Crippen LogP contribution is 2.54. The quantitative estimate of drug-likeness (QED) is 0.0988. The van der Waals surface area contributed by atoms with Gasteiger partial charge in [-0.15, -0.1) is 6.58 Å². The van der Waals surface area contributed by atoms with Gasteiger partial charge in [0.2, 0.25) is 11.8 Å². The number of halogens is 4. The number of nitrogens with zero attached hydrogens (tertiary/aromatic N) is 2. The third-order valence-corrected chi connectivity index (χ3v) is 18.7. The van der Waals surface area contributed by atoms with Crippen molar-refractivity contribution in [1.29, 1.82) is 0 Å². The standard InChI is InChI=1S/C29H37Cl2NOS.C28H35Cl2NO5S/c1-7-15-29(6)17-25(22-9-8-10-24(31)16-22)27(21-11-13-23(30)14-12-21)32(28(29)33)26(19(2)3)18-34-20(4)5;1-17(2)24(16-37(35,36)18(3)4)31-26(19-9-11-21(29)12-10-19)23(20-7-6-8-22(30)13-20)14-28(5,27(31)34)15-25(32)33/h7-14,16,19-20,25-27H,1,15,17-18H2,2-6H3;6-13,17-18,23-24,26H,14-16H2,1-5H3,(H,32,33)/t25-,26-,27-,29+;23-,24-,26-,28-/m11/s1. The summed E-state index contributed by atoms with van der Waals surface area (Å²) >= 11 is 27.2. The summed E-state index contributed by atoms with van der Waals surface area (Å²) in [5.74, 6) is -0.657. The monoisotopic (exact) mass is 1080 g/mol. The molecule has 8 nitrogen and oxygen atoms in total. The maximum atomic E-state index is 14.3. The van der Waals surface area contributed by atoms with Crippen molar-refractivity contribution < 1.29 is 27.9 Å². The Hall–Kier alpha value is -3.51. The van der Waals surface area contributed by atoms with E-state index in [2.05, 4.69) is 70.4 Å². The zero-order valence-corrected chi connectivity index (χ0v) is 47.4. The van der Waals surface area contributed by atoms with Crippen molar-refractivity contribution in [3.8, 4) is 0 Å². The van der Waals surface area contributed by atoms with Crippen LogP contribution >= 0.6 is 58.2 Å². The number of sulfone groups is 1. The molecule has 0 aromatic heterocycles.